The lowest BCUT2D eigenvalue weighted by molar-refractivity contribution is -0.135. The number of morpholine rings is 1. The number of rotatable bonds is 5. The Bertz CT molecular complexity index is 2210. The van der Waals surface area contributed by atoms with Crippen LogP contribution < -0.4 is 9.80 Å². The molecule has 0 radical (unpaired) electrons. The number of nitrogens with zero attached hydrogens (tertiary/aromatic N) is 2. The predicted octanol–water partition coefficient (Wildman–Crippen LogP) is 6.91. The van der Waals surface area contributed by atoms with Gasteiger partial charge in [-0.25, -0.2) is 0 Å². The van der Waals surface area contributed by atoms with Crippen LogP contribution in [0.2, 0.25) is 5.02 Å². The van der Waals surface area contributed by atoms with Gasteiger partial charge in [-0.05, 0) is 78.4 Å². The van der Waals surface area contributed by atoms with Gasteiger partial charge >= 0.3 is 0 Å². The molecule has 53 heavy (non-hydrogen) atoms. The molecule has 2 saturated heterocycles. The molecular formula is C44H37ClN2O6. The van der Waals surface area contributed by atoms with E-state index in [1.54, 1.807) is 12.1 Å². The highest BCUT2D eigenvalue weighted by atomic mass is 35.5. The highest BCUT2D eigenvalue weighted by molar-refractivity contribution is 6.32. The number of amides is 2. The maximum Gasteiger partial charge on any atom is 0.238 e. The number of fused-ring (bicyclic) bond motifs is 4. The zero-order valence-corrected chi connectivity index (χ0v) is 29.6. The van der Waals surface area contributed by atoms with Crippen molar-refractivity contribution in [2.24, 2.45) is 23.7 Å². The fraction of sp³-hybridized carbons (Fsp3) is 0.273. The Morgan fingerprint density at radius 3 is 2.17 bits per heavy atom. The number of hydrogen-bond donors (Lipinski definition) is 1. The molecule has 3 fully saturated rings. The van der Waals surface area contributed by atoms with Crippen molar-refractivity contribution in [3.8, 4) is 5.75 Å². The van der Waals surface area contributed by atoms with Crippen molar-refractivity contribution < 1.29 is 29.0 Å². The topological polar surface area (TPSA) is 104 Å². The van der Waals surface area contributed by atoms with Crippen LogP contribution in [0.5, 0.6) is 5.75 Å². The van der Waals surface area contributed by atoms with Gasteiger partial charge in [0.1, 0.15) is 5.75 Å². The van der Waals surface area contributed by atoms with Crippen LogP contribution in [0.25, 0.3) is 5.57 Å². The lowest BCUT2D eigenvalue weighted by Gasteiger charge is -2.55. The quantitative estimate of drug-likeness (QED) is 0.176. The molecule has 0 bridgehead atoms. The van der Waals surface area contributed by atoms with Gasteiger partial charge < -0.3 is 14.7 Å². The summed E-state index contributed by atoms with van der Waals surface area (Å²) in [4.78, 5) is 62.7. The number of ether oxygens (including phenoxy) is 1. The van der Waals surface area contributed by atoms with E-state index in [1.165, 1.54) is 17.0 Å². The zero-order chi connectivity index (χ0) is 36.4. The lowest BCUT2D eigenvalue weighted by Crippen LogP contribution is -2.58. The molecule has 266 valence electrons. The van der Waals surface area contributed by atoms with Crippen LogP contribution in [0.15, 0.2) is 121 Å². The molecule has 6 unspecified atom stereocenters. The van der Waals surface area contributed by atoms with Gasteiger partial charge in [0, 0.05) is 46.8 Å². The van der Waals surface area contributed by atoms with Crippen molar-refractivity contribution in [1.82, 2.24) is 0 Å². The van der Waals surface area contributed by atoms with E-state index in [1.807, 2.05) is 91.0 Å². The third kappa shape index (κ3) is 5.14. The van der Waals surface area contributed by atoms with Crippen molar-refractivity contribution >= 4 is 51.9 Å². The molecule has 9 heteroatoms. The number of phenols is 1. The Kier molecular flexibility index (Phi) is 8.20. The van der Waals surface area contributed by atoms with Crippen molar-refractivity contribution in [3.63, 3.8) is 0 Å². The first-order valence-electron chi connectivity index (χ1n) is 18.2. The summed E-state index contributed by atoms with van der Waals surface area (Å²) in [6.45, 7) is 2.81. The minimum Gasteiger partial charge on any atom is -0.508 e. The van der Waals surface area contributed by atoms with Gasteiger partial charge in [-0.2, -0.15) is 0 Å². The van der Waals surface area contributed by atoms with E-state index in [4.69, 9.17) is 16.3 Å². The zero-order valence-electron chi connectivity index (χ0n) is 28.9. The summed E-state index contributed by atoms with van der Waals surface area (Å²) in [5.41, 5.74) is 2.83. The standard InChI is InChI=1S/C44H37ClN2O6/c45-28-11-18-37(48)35(23-28)40-31-16-17-32-39(43(52)47(42(32)51)30-14-12-29(13-15-30)46-19-21-53-22-20-46)34(31)24-36-41(50)33(26-7-3-1-4-8-26)25-38(49)44(36,40)27-9-5-2-6-10-27/h1-16,18,23,25,32,34,36,39-40,48H,17,19-22,24H2. The van der Waals surface area contributed by atoms with Crippen LogP contribution in [-0.4, -0.2) is 54.8 Å². The van der Waals surface area contributed by atoms with Crippen LogP contribution in [0.3, 0.4) is 0 Å². The van der Waals surface area contributed by atoms with Gasteiger partial charge in [0.05, 0.1) is 36.2 Å². The molecular weight excluding hydrogens is 688 g/mol. The Morgan fingerprint density at radius 2 is 1.45 bits per heavy atom. The summed E-state index contributed by atoms with van der Waals surface area (Å²) in [5.74, 6) is -4.81. The summed E-state index contributed by atoms with van der Waals surface area (Å²) < 4.78 is 5.50. The average molecular weight is 725 g/mol. The Hall–Kier alpha value is -5.31. The summed E-state index contributed by atoms with van der Waals surface area (Å²) in [5, 5.41) is 11.9. The number of carbonyl (C=O) groups excluding carboxylic acids is 4. The van der Waals surface area contributed by atoms with Crippen LogP contribution in [-0.2, 0) is 29.3 Å². The minimum atomic E-state index is -1.45. The number of benzene rings is 4. The van der Waals surface area contributed by atoms with Crippen molar-refractivity contribution in [3.05, 3.63) is 143 Å². The average Bonchev–Trinajstić information content (AvgIpc) is 3.46. The number of allylic oxidation sites excluding steroid dienone is 4. The molecule has 1 N–H and O–H groups in total. The fourth-order valence-corrected chi connectivity index (χ4v) is 10.0. The Balaban J connectivity index is 1.19. The monoisotopic (exact) mass is 724 g/mol. The summed E-state index contributed by atoms with van der Waals surface area (Å²) in [6.07, 6.45) is 3.91. The van der Waals surface area contributed by atoms with E-state index in [-0.39, 0.29) is 42.0 Å². The molecule has 6 atom stereocenters. The second kappa shape index (κ2) is 13.0. The van der Waals surface area contributed by atoms with Crippen LogP contribution in [0.4, 0.5) is 11.4 Å². The number of phenolic OH excluding ortho intramolecular Hbond substituents is 1. The van der Waals surface area contributed by atoms with Gasteiger partial charge in [-0.15, -0.1) is 0 Å². The Morgan fingerprint density at radius 1 is 0.774 bits per heavy atom. The molecule has 0 spiro atoms. The van der Waals surface area contributed by atoms with Crippen molar-refractivity contribution in [1.29, 1.82) is 0 Å². The number of halogens is 1. The number of Topliss-reactive ketones (excluding diaryl/α,β-unsaturated/α-hetero) is 1. The number of hydrogen-bond acceptors (Lipinski definition) is 7. The molecule has 0 aromatic heterocycles. The maximum absolute atomic E-state index is 15.1. The van der Waals surface area contributed by atoms with E-state index >= 15 is 9.59 Å². The van der Waals surface area contributed by atoms with Crippen LogP contribution in [0, 0.1) is 23.7 Å². The molecule has 4 aromatic carbocycles. The van der Waals surface area contributed by atoms with Crippen LogP contribution >= 0.6 is 11.6 Å². The molecule has 2 amide bonds. The number of aromatic hydroxyl groups is 1. The van der Waals surface area contributed by atoms with Gasteiger partial charge in [-0.1, -0.05) is 83.9 Å². The smallest absolute Gasteiger partial charge is 0.238 e. The van der Waals surface area contributed by atoms with Crippen LogP contribution in [0.1, 0.15) is 35.4 Å². The van der Waals surface area contributed by atoms with Gasteiger partial charge in [0.15, 0.2) is 11.6 Å². The van der Waals surface area contributed by atoms with E-state index in [0.29, 0.717) is 46.2 Å². The number of anilines is 2. The summed E-state index contributed by atoms with van der Waals surface area (Å²) in [6, 6.07) is 30.7. The molecule has 4 aromatic rings. The normalized spacial score (nSPS) is 28.2. The number of imide groups is 1. The highest BCUT2D eigenvalue weighted by Crippen LogP contribution is 2.64. The van der Waals surface area contributed by atoms with E-state index < -0.39 is 35.0 Å². The molecule has 2 aliphatic heterocycles. The first-order chi connectivity index (χ1) is 25.8. The second-order valence-electron chi connectivity index (χ2n) is 14.6. The molecule has 3 aliphatic carbocycles. The summed E-state index contributed by atoms with van der Waals surface area (Å²) >= 11 is 6.62. The molecule has 5 aliphatic rings. The molecule has 9 rings (SSSR count). The van der Waals surface area contributed by atoms with Gasteiger partial charge in [-0.3, -0.25) is 24.1 Å². The van der Waals surface area contributed by atoms with E-state index in [2.05, 4.69) is 4.90 Å². The first kappa shape index (κ1) is 33.5. The maximum atomic E-state index is 15.1. The third-order valence-corrected chi connectivity index (χ3v) is 12.4. The Labute approximate surface area is 312 Å². The number of carbonyl (C=O) groups is 4. The van der Waals surface area contributed by atoms with E-state index in [0.717, 1.165) is 24.4 Å². The minimum absolute atomic E-state index is 0.0639. The SMILES string of the molecule is O=C1C(c2ccccc2)=CC(=O)C2(c3ccccc3)C1CC1C(=CCC3C(=O)N(c4ccc(N5CCOCC5)cc4)C(=O)C31)C2c1cc(Cl)ccc1O. The molecule has 2 heterocycles. The summed E-state index contributed by atoms with van der Waals surface area (Å²) in [7, 11) is 0. The van der Waals surface area contributed by atoms with Crippen molar-refractivity contribution in [2.45, 2.75) is 24.2 Å². The molecule has 8 nitrogen and oxygen atoms in total. The van der Waals surface area contributed by atoms with Gasteiger partial charge in [0.25, 0.3) is 0 Å². The van der Waals surface area contributed by atoms with E-state index in [9.17, 15) is 14.7 Å². The van der Waals surface area contributed by atoms with Crippen molar-refractivity contribution in [2.75, 3.05) is 36.1 Å². The lowest BCUT2D eigenvalue weighted by atomic mass is 9.44. The molecule has 1 saturated carbocycles. The predicted molar refractivity (Wildman–Crippen MR) is 202 cm³/mol. The van der Waals surface area contributed by atoms with Gasteiger partial charge in [0.2, 0.25) is 11.8 Å². The largest absolute Gasteiger partial charge is 0.508 e. The fourth-order valence-electron chi connectivity index (χ4n) is 9.86. The number of ketones is 2. The third-order valence-electron chi connectivity index (χ3n) is 12.2. The highest BCUT2D eigenvalue weighted by Gasteiger charge is 2.66. The second-order valence-corrected chi connectivity index (χ2v) is 15.1. The first-order valence-corrected chi connectivity index (χ1v) is 18.6.